The highest BCUT2D eigenvalue weighted by atomic mass is 35.5. The van der Waals surface area contributed by atoms with E-state index in [9.17, 15) is 4.39 Å². The number of furan rings is 1. The average molecular weight is 309 g/mol. The molecule has 3 nitrogen and oxygen atoms in total. The van der Waals surface area contributed by atoms with Crippen molar-refractivity contribution in [2.45, 2.75) is 6.54 Å². The molecule has 21 heavy (non-hydrogen) atoms. The molecule has 0 amide bonds. The van der Waals surface area contributed by atoms with E-state index in [2.05, 4.69) is 16.8 Å². The van der Waals surface area contributed by atoms with Crippen LogP contribution in [-0.2, 0) is 6.54 Å². The van der Waals surface area contributed by atoms with Crippen LogP contribution in [0.1, 0.15) is 5.76 Å². The van der Waals surface area contributed by atoms with Crippen molar-refractivity contribution < 1.29 is 8.81 Å². The Bertz CT molecular complexity index is 620. The van der Waals surface area contributed by atoms with Gasteiger partial charge in [0.2, 0.25) is 0 Å². The van der Waals surface area contributed by atoms with E-state index < -0.39 is 5.82 Å². The van der Waals surface area contributed by atoms with Crippen LogP contribution in [0.5, 0.6) is 0 Å². The molecule has 2 aromatic rings. The molecule has 0 unspecified atom stereocenters. The topological polar surface area (TPSA) is 19.6 Å². The molecule has 1 fully saturated rings. The Balaban J connectivity index is 1.69. The van der Waals surface area contributed by atoms with Gasteiger partial charge in [-0.15, -0.1) is 0 Å². The molecule has 0 aliphatic carbocycles. The molecule has 1 saturated heterocycles. The van der Waals surface area contributed by atoms with Gasteiger partial charge < -0.3 is 9.32 Å². The molecule has 5 heteroatoms. The maximum atomic E-state index is 13.2. The first kappa shape index (κ1) is 14.6. The number of rotatable bonds is 3. The monoisotopic (exact) mass is 308 g/mol. The van der Waals surface area contributed by atoms with Crippen molar-refractivity contribution in [3.05, 3.63) is 46.9 Å². The van der Waals surface area contributed by atoms with Crippen molar-refractivity contribution in [1.82, 2.24) is 9.80 Å². The van der Waals surface area contributed by atoms with E-state index in [0.717, 1.165) is 49.8 Å². The Kier molecular flexibility index (Phi) is 4.29. The lowest BCUT2D eigenvalue weighted by atomic mass is 10.2. The molecule has 3 rings (SSSR count). The molecule has 1 aliphatic heterocycles. The third kappa shape index (κ3) is 3.46. The van der Waals surface area contributed by atoms with Crippen molar-refractivity contribution in [1.29, 1.82) is 0 Å². The van der Waals surface area contributed by atoms with Crippen LogP contribution in [0, 0.1) is 5.82 Å². The summed E-state index contributed by atoms with van der Waals surface area (Å²) in [6, 6.07) is 8.52. The summed E-state index contributed by atoms with van der Waals surface area (Å²) in [6.45, 7) is 5.08. The van der Waals surface area contributed by atoms with Gasteiger partial charge in [-0.25, -0.2) is 4.39 Å². The van der Waals surface area contributed by atoms with Crippen LogP contribution in [0.15, 0.2) is 34.7 Å². The predicted molar refractivity (Wildman–Crippen MR) is 81.9 cm³/mol. The van der Waals surface area contributed by atoms with E-state index in [1.165, 1.54) is 6.07 Å². The van der Waals surface area contributed by atoms with E-state index in [4.69, 9.17) is 16.0 Å². The van der Waals surface area contributed by atoms with Gasteiger partial charge in [-0.1, -0.05) is 11.6 Å². The van der Waals surface area contributed by atoms with E-state index in [1.54, 1.807) is 12.1 Å². The molecule has 1 aromatic heterocycles. The summed E-state index contributed by atoms with van der Waals surface area (Å²) in [6.07, 6.45) is 0. The normalized spacial score (nSPS) is 17.3. The molecule has 0 radical (unpaired) electrons. The minimum Gasteiger partial charge on any atom is -0.460 e. The highest BCUT2D eigenvalue weighted by Crippen LogP contribution is 2.27. The average Bonchev–Trinajstić information content (AvgIpc) is 2.93. The minimum absolute atomic E-state index is 0.115. The van der Waals surface area contributed by atoms with Gasteiger partial charge in [-0.05, 0) is 37.4 Å². The van der Waals surface area contributed by atoms with Crippen LogP contribution in [0.2, 0.25) is 5.02 Å². The van der Waals surface area contributed by atoms with Crippen LogP contribution < -0.4 is 0 Å². The number of nitrogens with zero attached hydrogens (tertiary/aromatic N) is 2. The summed E-state index contributed by atoms with van der Waals surface area (Å²) in [5, 5.41) is 0.115. The maximum absolute atomic E-state index is 13.2. The number of hydrogen-bond acceptors (Lipinski definition) is 3. The second-order valence-electron chi connectivity index (χ2n) is 5.47. The van der Waals surface area contributed by atoms with Gasteiger partial charge in [0.05, 0.1) is 11.6 Å². The molecule has 0 spiro atoms. The minimum atomic E-state index is -0.412. The molecular weight excluding hydrogens is 291 g/mol. The van der Waals surface area contributed by atoms with Crippen LogP contribution >= 0.6 is 11.6 Å². The van der Waals surface area contributed by atoms with Gasteiger partial charge in [0.25, 0.3) is 0 Å². The Morgan fingerprint density at radius 3 is 2.62 bits per heavy atom. The quantitative estimate of drug-likeness (QED) is 0.865. The fourth-order valence-corrected chi connectivity index (χ4v) is 2.67. The predicted octanol–water partition coefficient (Wildman–Crippen LogP) is 3.49. The van der Waals surface area contributed by atoms with Crippen LogP contribution in [0.3, 0.4) is 0 Å². The van der Waals surface area contributed by atoms with Crippen molar-refractivity contribution in [3.8, 4) is 11.3 Å². The number of likely N-dealkylation sites (N-methyl/N-ethyl adjacent to an activating group) is 1. The molecular formula is C16H18ClFN2O. The highest BCUT2D eigenvalue weighted by molar-refractivity contribution is 6.31. The van der Waals surface area contributed by atoms with E-state index in [-0.39, 0.29) is 5.02 Å². The van der Waals surface area contributed by atoms with E-state index >= 15 is 0 Å². The largest absolute Gasteiger partial charge is 0.460 e. The molecule has 1 aliphatic rings. The molecule has 112 valence electrons. The standard InChI is InChI=1S/C16H18ClFN2O/c1-19-6-8-20(9-7-19)11-13-3-5-16(21-13)12-2-4-15(18)14(17)10-12/h2-5,10H,6-9,11H2,1H3. The summed E-state index contributed by atoms with van der Waals surface area (Å²) in [4.78, 5) is 4.70. The van der Waals surface area contributed by atoms with Crippen LogP contribution in [0.4, 0.5) is 4.39 Å². The second-order valence-corrected chi connectivity index (χ2v) is 5.88. The summed E-state index contributed by atoms with van der Waals surface area (Å²) < 4.78 is 19.0. The molecule has 0 atom stereocenters. The third-order valence-electron chi connectivity index (χ3n) is 3.84. The first-order chi connectivity index (χ1) is 10.1. The number of hydrogen-bond donors (Lipinski definition) is 0. The lowest BCUT2D eigenvalue weighted by Crippen LogP contribution is -2.43. The van der Waals surface area contributed by atoms with Crippen molar-refractivity contribution >= 4 is 11.6 Å². The second kappa shape index (κ2) is 6.18. The number of benzene rings is 1. The number of piperazine rings is 1. The third-order valence-corrected chi connectivity index (χ3v) is 4.13. The highest BCUT2D eigenvalue weighted by Gasteiger charge is 2.16. The van der Waals surface area contributed by atoms with Gasteiger partial charge in [0, 0.05) is 31.7 Å². The fraction of sp³-hybridized carbons (Fsp3) is 0.375. The SMILES string of the molecule is CN1CCN(Cc2ccc(-c3ccc(F)c(Cl)c3)o2)CC1. The molecule has 0 N–H and O–H groups in total. The van der Waals surface area contributed by atoms with Gasteiger partial charge in [0.15, 0.2) is 0 Å². The summed E-state index contributed by atoms with van der Waals surface area (Å²) in [5.74, 6) is 1.24. The van der Waals surface area contributed by atoms with Gasteiger partial charge in [-0.3, -0.25) is 4.90 Å². The first-order valence-corrected chi connectivity index (χ1v) is 7.44. The zero-order valence-corrected chi connectivity index (χ0v) is 12.7. The van der Waals surface area contributed by atoms with Crippen LogP contribution in [-0.4, -0.2) is 43.0 Å². The number of halogens is 2. The smallest absolute Gasteiger partial charge is 0.141 e. The van der Waals surface area contributed by atoms with Crippen LogP contribution in [0.25, 0.3) is 11.3 Å². The molecule has 2 heterocycles. The van der Waals surface area contributed by atoms with Gasteiger partial charge in [-0.2, -0.15) is 0 Å². The Morgan fingerprint density at radius 1 is 1.14 bits per heavy atom. The Labute approximate surface area is 128 Å². The van der Waals surface area contributed by atoms with Gasteiger partial charge in [0.1, 0.15) is 17.3 Å². The van der Waals surface area contributed by atoms with Crippen molar-refractivity contribution in [2.24, 2.45) is 0 Å². The Hall–Kier alpha value is -1.36. The van der Waals surface area contributed by atoms with Gasteiger partial charge >= 0.3 is 0 Å². The van der Waals surface area contributed by atoms with Crippen molar-refractivity contribution in [3.63, 3.8) is 0 Å². The van der Waals surface area contributed by atoms with Crippen molar-refractivity contribution in [2.75, 3.05) is 33.2 Å². The lowest BCUT2D eigenvalue weighted by molar-refractivity contribution is 0.140. The van der Waals surface area contributed by atoms with E-state index in [1.807, 2.05) is 12.1 Å². The molecule has 0 bridgehead atoms. The van der Waals surface area contributed by atoms with E-state index in [0.29, 0.717) is 0 Å². The summed E-state index contributed by atoms with van der Waals surface area (Å²) in [5.41, 5.74) is 0.797. The fourth-order valence-electron chi connectivity index (χ4n) is 2.49. The summed E-state index contributed by atoms with van der Waals surface area (Å²) in [7, 11) is 2.14. The lowest BCUT2D eigenvalue weighted by Gasteiger charge is -2.31. The molecule has 0 saturated carbocycles. The summed E-state index contributed by atoms with van der Waals surface area (Å²) >= 11 is 5.81. The molecule has 1 aromatic carbocycles. The first-order valence-electron chi connectivity index (χ1n) is 7.07. The maximum Gasteiger partial charge on any atom is 0.141 e. The zero-order chi connectivity index (χ0) is 14.8. The Morgan fingerprint density at radius 2 is 1.90 bits per heavy atom. The zero-order valence-electron chi connectivity index (χ0n) is 12.0.